The van der Waals surface area contributed by atoms with Gasteiger partial charge in [-0.25, -0.2) is 0 Å². The molecule has 0 aromatic heterocycles. The van der Waals surface area contributed by atoms with E-state index in [9.17, 15) is 0 Å². The summed E-state index contributed by atoms with van der Waals surface area (Å²) in [4.78, 5) is 0. The highest BCUT2D eigenvalue weighted by molar-refractivity contribution is 7.98. The van der Waals surface area contributed by atoms with Crippen LogP contribution in [0.4, 0.5) is 0 Å². The molecule has 2 atom stereocenters. The number of rotatable bonds is 7. The lowest BCUT2D eigenvalue weighted by Gasteiger charge is -2.30. The molecule has 1 aromatic rings. The average Bonchev–Trinajstić information content (AvgIpc) is 2.36. The fraction of sp³-hybridized carbons (Fsp3) is 0.647. The molecule has 2 heteroatoms. The van der Waals surface area contributed by atoms with Gasteiger partial charge in [0.2, 0.25) is 0 Å². The molecule has 1 aromatic carbocycles. The van der Waals surface area contributed by atoms with E-state index in [1.807, 2.05) is 11.8 Å². The van der Waals surface area contributed by atoms with Crippen molar-refractivity contribution in [3.05, 3.63) is 35.9 Å². The molecule has 0 saturated carbocycles. The molecule has 0 amide bonds. The number of thioether (sulfide) groups is 1. The van der Waals surface area contributed by atoms with Crippen LogP contribution in [0.2, 0.25) is 0 Å². The Morgan fingerprint density at radius 3 is 2.26 bits per heavy atom. The molecule has 0 aliphatic heterocycles. The zero-order valence-electron chi connectivity index (χ0n) is 13.1. The van der Waals surface area contributed by atoms with E-state index in [1.54, 1.807) is 0 Å². The Morgan fingerprint density at radius 2 is 1.79 bits per heavy atom. The van der Waals surface area contributed by atoms with Crippen LogP contribution in [0.3, 0.4) is 0 Å². The van der Waals surface area contributed by atoms with Crippen LogP contribution in [0.25, 0.3) is 0 Å². The first-order chi connectivity index (χ1) is 8.96. The van der Waals surface area contributed by atoms with Crippen LogP contribution in [0.15, 0.2) is 30.3 Å². The summed E-state index contributed by atoms with van der Waals surface area (Å²) in [6.45, 7) is 9.23. The van der Waals surface area contributed by atoms with Gasteiger partial charge in [0.1, 0.15) is 0 Å². The van der Waals surface area contributed by atoms with Crippen LogP contribution in [0.5, 0.6) is 0 Å². The first kappa shape index (κ1) is 16.6. The molecule has 2 unspecified atom stereocenters. The summed E-state index contributed by atoms with van der Waals surface area (Å²) in [5.41, 5.74) is 1.75. The largest absolute Gasteiger partial charge is 0.306 e. The van der Waals surface area contributed by atoms with E-state index >= 15 is 0 Å². The molecule has 1 rings (SSSR count). The maximum atomic E-state index is 3.86. The van der Waals surface area contributed by atoms with Gasteiger partial charge in [0.15, 0.2) is 0 Å². The topological polar surface area (TPSA) is 12.0 Å². The van der Waals surface area contributed by atoms with Crippen molar-refractivity contribution in [1.29, 1.82) is 0 Å². The van der Waals surface area contributed by atoms with Crippen LogP contribution >= 0.6 is 11.8 Å². The number of benzene rings is 1. The van der Waals surface area contributed by atoms with Crippen LogP contribution < -0.4 is 5.32 Å². The predicted octanol–water partition coefficient (Wildman–Crippen LogP) is 4.90. The molecule has 1 N–H and O–H groups in total. The zero-order chi connectivity index (χ0) is 14.3. The minimum absolute atomic E-state index is 0.338. The summed E-state index contributed by atoms with van der Waals surface area (Å²) in [6, 6.07) is 11.9. The molecule has 0 aliphatic carbocycles. The van der Waals surface area contributed by atoms with E-state index in [0.717, 1.165) is 0 Å². The minimum Gasteiger partial charge on any atom is -0.306 e. The molecular formula is C17H29NS. The van der Waals surface area contributed by atoms with Crippen molar-refractivity contribution < 1.29 is 0 Å². The molecule has 0 fully saturated rings. The second kappa shape index (κ2) is 7.96. The predicted molar refractivity (Wildman–Crippen MR) is 88.9 cm³/mol. The maximum absolute atomic E-state index is 3.86. The van der Waals surface area contributed by atoms with Crippen molar-refractivity contribution >= 4 is 11.8 Å². The maximum Gasteiger partial charge on any atom is 0.0327 e. The van der Waals surface area contributed by atoms with Gasteiger partial charge in [-0.15, -0.1) is 0 Å². The number of nitrogens with one attached hydrogen (secondary N) is 1. The fourth-order valence-corrected chi connectivity index (χ4v) is 3.07. The highest BCUT2D eigenvalue weighted by Gasteiger charge is 2.22. The van der Waals surface area contributed by atoms with Crippen molar-refractivity contribution in [3.63, 3.8) is 0 Å². The second-order valence-electron chi connectivity index (χ2n) is 6.46. The van der Waals surface area contributed by atoms with Gasteiger partial charge >= 0.3 is 0 Å². The lowest BCUT2D eigenvalue weighted by molar-refractivity contribution is 0.296. The van der Waals surface area contributed by atoms with E-state index in [1.165, 1.54) is 24.2 Å². The molecule has 0 bridgehead atoms. The third-order valence-electron chi connectivity index (χ3n) is 3.32. The van der Waals surface area contributed by atoms with Crippen molar-refractivity contribution in [2.45, 2.75) is 52.6 Å². The van der Waals surface area contributed by atoms with Crippen LogP contribution in [-0.2, 0) is 0 Å². The second-order valence-corrected chi connectivity index (χ2v) is 7.37. The van der Waals surface area contributed by atoms with Gasteiger partial charge in [-0.2, -0.15) is 11.8 Å². The Morgan fingerprint density at radius 1 is 1.16 bits per heavy atom. The lowest BCUT2D eigenvalue weighted by Crippen LogP contribution is -2.36. The smallest absolute Gasteiger partial charge is 0.0327 e. The third kappa shape index (κ3) is 6.49. The van der Waals surface area contributed by atoms with Gasteiger partial charge in [-0.1, -0.05) is 58.0 Å². The minimum atomic E-state index is 0.338. The van der Waals surface area contributed by atoms with Gasteiger partial charge in [-0.3, -0.25) is 0 Å². The molecule has 108 valence electrons. The Bertz CT molecular complexity index is 342. The quantitative estimate of drug-likeness (QED) is 0.762. The summed E-state index contributed by atoms with van der Waals surface area (Å²) in [6.07, 6.45) is 4.54. The highest BCUT2D eigenvalue weighted by atomic mass is 32.2. The van der Waals surface area contributed by atoms with E-state index < -0.39 is 0 Å². The summed E-state index contributed by atoms with van der Waals surface area (Å²) in [7, 11) is 0. The molecule has 0 spiro atoms. The van der Waals surface area contributed by atoms with Crippen molar-refractivity contribution in [2.24, 2.45) is 5.41 Å². The van der Waals surface area contributed by atoms with E-state index in [-0.39, 0.29) is 0 Å². The standard InChI is InChI=1S/C17H29NS/c1-6-15(13-19-5)18-16(12-17(2,3)4)14-10-8-7-9-11-14/h7-11,15-16,18H,6,12-13H2,1-5H3. The van der Waals surface area contributed by atoms with Crippen LogP contribution in [-0.4, -0.2) is 18.1 Å². The zero-order valence-corrected chi connectivity index (χ0v) is 13.9. The Kier molecular flexibility index (Phi) is 6.95. The summed E-state index contributed by atoms with van der Waals surface area (Å²) in [5.74, 6) is 1.18. The number of hydrogen-bond donors (Lipinski definition) is 1. The molecule has 19 heavy (non-hydrogen) atoms. The van der Waals surface area contributed by atoms with Gasteiger partial charge in [0, 0.05) is 17.8 Å². The van der Waals surface area contributed by atoms with Crippen molar-refractivity contribution in [1.82, 2.24) is 5.32 Å². The van der Waals surface area contributed by atoms with E-state index in [0.29, 0.717) is 17.5 Å². The van der Waals surface area contributed by atoms with E-state index in [4.69, 9.17) is 0 Å². The highest BCUT2D eigenvalue weighted by Crippen LogP contribution is 2.30. The Labute approximate surface area is 123 Å². The summed E-state index contributed by atoms with van der Waals surface area (Å²) >= 11 is 1.93. The van der Waals surface area contributed by atoms with Crippen molar-refractivity contribution in [2.75, 3.05) is 12.0 Å². The van der Waals surface area contributed by atoms with Crippen LogP contribution in [0, 0.1) is 5.41 Å². The van der Waals surface area contributed by atoms with Gasteiger partial charge < -0.3 is 5.32 Å². The number of hydrogen-bond acceptors (Lipinski definition) is 2. The first-order valence-electron chi connectivity index (χ1n) is 7.26. The SMILES string of the molecule is CCC(CSC)NC(CC(C)(C)C)c1ccccc1. The van der Waals surface area contributed by atoms with Crippen molar-refractivity contribution in [3.8, 4) is 0 Å². The van der Waals surface area contributed by atoms with Gasteiger partial charge in [0.05, 0.1) is 0 Å². The summed E-state index contributed by atoms with van der Waals surface area (Å²) < 4.78 is 0. The molecule has 0 saturated heterocycles. The average molecular weight is 279 g/mol. The molecule has 0 heterocycles. The lowest BCUT2D eigenvalue weighted by atomic mass is 9.85. The summed E-state index contributed by atoms with van der Waals surface area (Å²) in [5, 5.41) is 3.86. The molecule has 0 aliphatic rings. The van der Waals surface area contributed by atoms with Gasteiger partial charge in [0.25, 0.3) is 0 Å². The normalized spacial score (nSPS) is 15.2. The fourth-order valence-electron chi connectivity index (χ4n) is 2.34. The van der Waals surface area contributed by atoms with Gasteiger partial charge in [-0.05, 0) is 30.1 Å². The Balaban J connectivity index is 2.80. The molecule has 0 radical (unpaired) electrons. The molecule has 1 nitrogen and oxygen atoms in total. The third-order valence-corrected chi connectivity index (χ3v) is 4.05. The van der Waals surface area contributed by atoms with Crippen LogP contribution in [0.1, 0.15) is 52.1 Å². The first-order valence-corrected chi connectivity index (χ1v) is 8.65. The molecular weight excluding hydrogens is 250 g/mol. The Hall–Kier alpha value is -0.470. The monoisotopic (exact) mass is 279 g/mol. The van der Waals surface area contributed by atoms with E-state index in [2.05, 4.69) is 69.6 Å².